The molecule has 3 atom stereocenters. The highest BCUT2D eigenvalue weighted by Crippen LogP contribution is 2.35. The van der Waals surface area contributed by atoms with Crippen LogP contribution in [0.15, 0.2) is 24.3 Å². The lowest BCUT2D eigenvalue weighted by Crippen LogP contribution is -2.38. The Balaban J connectivity index is 2.16. The molecule has 1 amide bonds. The molecule has 5 heteroatoms. The van der Waals surface area contributed by atoms with Crippen LogP contribution in [0.5, 0.6) is 5.75 Å². The molecule has 0 radical (unpaired) electrons. The molecular weight excluding hydrogens is 270 g/mol. The molecule has 2 N–H and O–H groups in total. The number of carboxylic acids is 1. The maximum Gasteiger partial charge on any atom is 0.307 e. The van der Waals surface area contributed by atoms with Crippen molar-refractivity contribution < 1.29 is 19.8 Å². The highest BCUT2D eigenvalue weighted by atomic mass is 16.4. The van der Waals surface area contributed by atoms with Crippen LogP contribution in [0.3, 0.4) is 0 Å². The number of phenolic OH excluding ortho intramolecular Hbond substituents is 1. The number of aliphatic carboxylic acids is 1. The first-order chi connectivity index (χ1) is 9.93. The first kappa shape index (κ1) is 15.4. The fourth-order valence-corrected chi connectivity index (χ4v) is 3.05. The van der Waals surface area contributed by atoms with Gasteiger partial charge in [0.2, 0.25) is 5.91 Å². The van der Waals surface area contributed by atoms with E-state index in [1.807, 2.05) is 6.92 Å². The van der Waals surface area contributed by atoms with Gasteiger partial charge in [-0.1, -0.05) is 24.6 Å². The van der Waals surface area contributed by atoms with E-state index in [4.69, 9.17) is 0 Å². The summed E-state index contributed by atoms with van der Waals surface area (Å²) >= 11 is 0. The SMILES string of the molecule is CC(c1ccccc1O)N(C)C(=O)[C@@H]1CCC[C@@H]1C(=O)O. The van der Waals surface area contributed by atoms with E-state index in [1.54, 1.807) is 36.2 Å². The summed E-state index contributed by atoms with van der Waals surface area (Å²) in [7, 11) is 1.66. The van der Waals surface area contributed by atoms with E-state index in [0.29, 0.717) is 18.4 Å². The third kappa shape index (κ3) is 3.01. The lowest BCUT2D eigenvalue weighted by atomic mass is 9.93. The van der Waals surface area contributed by atoms with Crippen molar-refractivity contribution in [1.82, 2.24) is 4.90 Å². The summed E-state index contributed by atoms with van der Waals surface area (Å²) in [5.41, 5.74) is 0.665. The first-order valence-electron chi connectivity index (χ1n) is 7.21. The number of amides is 1. The van der Waals surface area contributed by atoms with E-state index in [1.165, 1.54) is 0 Å². The van der Waals surface area contributed by atoms with E-state index < -0.39 is 17.8 Å². The second-order valence-corrected chi connectivity index (χ2v) is 5.67. The second kappa shape index (κ2) is 6.16. The molecule has 1 aromatic carbocycles. The molecule has 21 heavy (non-hydrogen) atoms. The molecule has 114 valence electrons. The predicted molar refractivity (Wildman–Crippen MR) is 77.8 cm³/mol. The van der Waals surface area contributed by atoms with Gasteiger partial charge < -0.3 is 15.1 Å². The van der Waals surface area contributed by atoms with Gasteiger partial charge in [0.15, 0.2) is 0 Å². The van der Waals surface area contributed by atoms with Crippen molar-refractivity contribution in [1.29, 1.82) is 0 Å². The van der Waals surface area contributed by atoms with Crippen LogP contribution < -0.4 is 0 Å². The monoisotopic (exact) mass is 291 g/mol. The predicted octanol–water partition coefficient (Wildman–Crippen LogP) is 2.41. The van der Waals surface area contributed by atoms with Crippen LogP contribution in [-0.4, -0.2) is 34.0 Å². The Kier molecular flexibility index (Phi) is 4.50. The molecule has 0 heterocycles. The highest BCUT2D eigenvalue weighted by molar-refractivity contribution is 5.85. The van der Waals surface area contributed by atoms with E-state index >= 15 is 0 Å². The number of carbonyl (C=O) groups excluding carboxylic acids is 1. The molecular formula is C16H21NO4. The lowest BCUT2D eigenvalue weighted by Gasteiger charge is -2.29. The van der Waals surface area contributed by atoms with Gasteiger partial charge in [0, 0.05) is 12.6 Å². The molecule has 0 bridgehead atoms. The number of hydrogen-bond donors (Lipinski definition) is 2. The van der Waals surface area contributed by atoms with Gasteiger partial charge in [0.05, 0.1) is 17.9 Å². The number of rotatable bonds is 4. The zero-order valence-electron chi connectivity index (χ0n) is 12.3. The van der Waals surface area contributed by atoms with Gasteiger partial charge in [-0.3, -0.25) is 9.59 Å². The average Bonchev–Trinajstić information content (AvgIpc) is 2.95. The minimum absolute atomic E-state index is 0.144. The minimum atomic E-state index is -0.894. The molecule has 0 aromatic heterocycles. The van der Waals surface area contributed by atoms with Crippen LogP contribution >= 0.6 is 0 Å². The van der Waals surface area contributed by atoms with Gasteiger partial charge in [0.1, 0.15) is 5.75 Å². The standard InChI is InChI=1S/C16H21NO4/c1-10(11-6-3-4-9-14(11)18)17(2)15(19)12-7-5-8-13(12)16(20)21/h3-4,6,9-10,12-13,18H,5,7-8H2,1-2H3,(H,20,21)/t10?,12-,13+/m1/s1. The van der Waals surface area contributed by atoms with Crippen molar-refractivity contribution in [2.45, 2.75) is 32.2 Å². The lowest BCUT2D eigenvalue weighted by molar-refractivity contribution is -0.149. The van der Waals surface area contributed by atoms with Crippen LogP contribution in [0, 0.1) is 11.8 Å². The topological polar surface area (TPSA) is 77.8 Å². The van der Waals surface area contributed by atoms with E-state index in [-0.39, 0.29) is 17.7 Å². The molecule has 1 unspecified atom stereocenters. The van der Waals surface area contributed by atoms with Crippen molar-refractivity contribution in [3.8, 4) is 5.75 Å². The fraction of sp³-hybridized carbons (Fsp3) is 0.500. The van der Waals surface area contributed by atoms with Crippen molar-refractivity contribution in [3.63, 3.8) is 0 Å². The molecule has 5 nitrogen and oxygen atoms in total. The second-order valence-electron chi connectivity index (χ2n) is 5.67. The largest absolute Gasteiger partial charge is 0.508 e. The van der Waals surface area contributed by atoms with Crippen molar-refractivity contribution in [2.75, 3.05) is 7.05 Å². The van der Waals surface area contributed by atoms with Crippen molar-refractivity contribution >= 4 is 11.9 Å². The zero-order valence-corrected chi connectivity index (χ0v) is 12.3. The Morgan fingerprint density at radius 2 is 1.86 bits per heavy atom. The summed E-state index contributed by atoms with van der Waals surface area (Å²) in [4.78, 5) is 25.3. The summed E-state index contributed by atoms with van der Waals surface area (Å²) in [5, 5.41) is 19.1. The van der Waals surface area contributed by atoms with Gasteiger partial charge in [-0.2, -0.15) is 0 Å². The Hall–Kier alpha value is -2.04. The van der Waals surface area contributed by atoms with Crippen LogP contribution in [0.4, 0.5) is 0 Å². The normalized spacial score (nSPS) is 22.8. The highest BCUT2D eigenvalue weighted by Gasteiger charge is 2.40. The summed E-state index contributed by atoms with van der Waals surface area (Å²) in [6, 6.07) is 6.59. The third-order valence-electron chi connectivity index (χ3n) is 4.47. The van der Waals surface area contributed by atoms with Crippen LogP contribution in [0.1, 0.15) is 37.8 Å². The van der Waals surface area contributed by atoms with E-state index in [0.717, 1.165) is 6.42 Å². The van der Waals surface area contributed by atoms with Crippen molar-refractivity contribution in [2.24, 2.45) is 11.8 Å². The number of aromatic hydroxyl groups is 1. The van der Waals surface area contributed by atoms with Crippen LogP contribution in [-0.2, 0) is 9.59 Å². The Morgan fingerprint density at radius 3 is 2.48 bits per heavy atom. The van der Waals surface area contributed by atoms with E-state index in [9.17, 15) is 19.8 Å². The molecule has 0 saturated heterocycles. The number of para-hydroxylation sites is 1. The number of hydrogen-bond acceptors (Lipinski definition) is 3. The third-order valence-corrected chi connectivity index (χ3v) is 4.47. The van der Waals surface area contributed by atoms with Crippen LogP contribution in [0.2, 0.25) is 0 Å². The average molecular weight is 291 g/mol. The molecule has 1 aromatic rings. The Morgan fingerprint density at radius 1 is 1.24 bits per heavy atom. The number of phenols is 1. The number of nitrogens with zero attached hydrogens (tertiary/aromatic N) is 1. The van der Waals surface area contributed by atoms with Gasteiger partial charge in [-0.15, -0.1) is 0 Å². The number of benzene rings is 1. The maximum atomic E-state index is 12.6. The van der Waals surface area contributed by atoms with Gasteiger partial charge in [-0.05, 0) is 25.8 Å². The fourth-order valence-electron chi connectivity index (χ4n) is 3.05. The minimum Gasteiger partial charge on any atom is -0.508 e. The van der Waals surface area contributed by atoms with Crippen LogP contribution in [0.25, 0.3) is 0 Å². The van der Waals surface area contributed by atoms with Gasteiger partial charge >= 0.3 is 5.97 Å². The summed E-state index contributed by atoms with van der Waals surface area (Å²) in [6.45, 7) is 1.83. The maximum absolute atomic E-state index is 12.6. The van der Waals surface area contributed by atoms with Gasteiger partial charge in [-0.25, -0.2) is 0 Å². The molecule has 0 spiro atoms. The number of carbonyl (C=O) groups is 2. The Labute approximate surface area is 124 Å². The Bertz CT molecular complexity index is 543. The van der Waals surface area contributed by atoms with Crippen molar-refractivity contribution in [3.05, 3.63) is 29.8 Å². The summed E-state index contributed by atoms with van der Waals surface area (Å²) in [6.07, 6.45) is 1.95. The molecule has 1 saturated carbocycles. The summed E-state index contributed by atoms with van der Waals surface area (Å²) in [5.74, 6) is -1.95. The smallest absolute Gasteiger partial charge is 0.307 e. The molecule has 1 aliphatic rings. The molecule has 0 aliphatic heterocycles. The van der Waals surface area contributed by atoms with E-state index in [2.05, 4.69) is 0 Å². The molecule has 1 aliphatic carbocycles. The number of carboxylic acid groups (broad SMARTS) is 1. The quantitative estimate of drug-likeness (QED) is 0.893. The molecule has 2 rings (SSSR count). The molecule has 1 fully saturated rings. The summed E-state index contributed by atoms with van der Waals surface area (Å²) < 4.78 is 0. The zero-order chi connectivity index (χ0) is 15.6. The van der Waals surface area contributed by atoms with Gasteiger partial charge in [0.25, 0.3) is 0 Å². The first-order valence-corrected chi connectivity index (χ1v) is 7.21.